The molecule has 0 N–H and O–H groups in total. The third-order valence-corrected chi connectivity index (χ3v) is 4.51. The van der Waals surface area contributed by atoms with Gasteiger partial charge >= 0.3 is 0 Å². The number of aromatic nitrogens is 2. The largest absolute Gasteiger partial charge is 0.497 e. The van der Waals surface area contributed by atoms with Crippen LogP contribution in [0.25, 0.3) is 11.0 Å². The van der Waals surface area contributed by atoms with Gasteiger partial charge in [0.25, 0.3) is 0 Å². The predicted molar refractivity (Wildman–Crippen MR) is 82.8 cm³/mol. The highest BCUT2D eigenvalue weighted by Gasteiger charge is 2.26. The lowest BCUT2D eigenvalue weighted by molar-refractivity contribution is 0.415. The maximum atomic E-state index is 5.95. The second-order valence-electron chi connectivity index (χ2n) is 5.76. The second-order valence-corrected chi connectivity index (χ2v) is 6.14. The molecule has 1 aromatic carbocycles. The summed E-state index contributed by atoms with van der Waals surface area (Å²) in [6.45, 7) is 2.33. The summed E-state index contributed by atoms with van der Waals surface area (Å²) < 4.78 is 7.77. The summed E-state index contributed by atoms with van der Waals surface area (Å²) in [5.74, 6) is 3.42. The van der Waals surface area contributed by atoms with Crippen molar-refractivity contribution in [3.05, 3.63) is 24.0 Å². The van der Waals surface area contributed by atoms with Gasteiger partial charge in [-0.05, 0) is 37.3 Å². The van der Waals surface area contributed by atoms with E-state index in [0.717, 1.165) is 29.4 Å². The van der Waals surface area contributed by atoms with Gasteiger partial charge in [-0.3, -0.25) is 0 Å². The number of halogens is 1. The van der Waals surface area contributed by atoms with E-state index >= 15 is 0 Å². The molecule has 1 fully saturated rings. The topological polar surface area (TPSA) is 27.1 Å². The molecule has 1 aliphatic carbocycles. The van der Waals surface area contributed by atoms with Gasteiger partial charge in [0.05, 0.1) is 18.1 Å². The van der Waals surface area contributed by atoms with Gasteiger partial charge in [0, 0.05) is 24.4 Å². The molecule has 1 heterocycles. The summed E-state index contributed by atoms with van der Waals surface area (Å²) in [4.78, 5) is 4.77. The van der Waals surface area contributed by atoms with Crippen molar-refractivity contribution in [3.63, 3.8) is 0 Å². The average molecular weight is 293 g/mol. The number of rotatable bonds is 4. The number of aryl methyl sites for hydroxylation is 1. The van der Waals surface area contributed by atoms with Crippen molar-refractivity contribution in [1.82, 2.24) is 9.55 Å². The third-order valence-electron chi connectivity index (χ3n) is 4.32. The van der Waals surface area contributed by atoms with Crippen LogP contribution in [0.1, 0.15) is 38.1 Å². The first-order valence-electron chi connectivity index (χ1n) is 7.33. The smallest absolute Gasteiger partial charge is 0.121 e. The van der Waals surface area contributed by atoms with Gasteiger partial charge < -0.3 is 9.30 Å². The molecular weight excluding hydrogens is 272 g/mol. The van der Waals surface area contributed by atoms with E-state index in [0.29, 0.717) is 11.9 Å². The van der Waals surface area contributed by atoms with Crippen molar-refractivity contribution >= 4 is 22.6 Å². The van der Waals surface area contributed by atoms with Gasteiger partial charge in [-0.2, -0.15) is 0 Å². The van der Waals surface area contributed by atoms with E-state index in [9.17, 15) is 0 Å². The highest BCUT2D eigenvalue weighted by molar-refractivity contribution is 6.17. The molecule has 1 aromatic heterocycles. The monoisotopic (exact) mass is 292 g/mol. The minimum absolute atomic E-state index is 0.556. The fraction of sp³-hybridized carbons (Fsp3) is 0.562. The molecule has 3 nitrogen and oxygen atoms in total. The average Bonchev–Trinajstić information content (AvgIpc) is 3.01. The summed E-state index contributed by atoms with van der Waals surface area (Å²) in [6.07, 6.45) is 4.59. The van der Waals surface area contributed by atoms with Crippen molar-refractivity contribution in [2.75, 3.05) is 13.0 Å². The number of hydrogen-bond donors (Lipinski definition) is 0. The molecule has 1 saturated carbocycles. The Bertz CT molecular complexity index is 608. The van der Waals surface area contributed by atoms with Crippen LogP contribution < -0.4 is 4.74 Å². The predicted octanol–water partition coefficient (Wildman–Crippen LogP) is 4.19. The standard InChI is InChI=1S/C16H21ClN2O/c1-11-3-4-12(9-11)19-15-10-13(20-2)5-6-14(15)18-16(19)7-8-17/h5-6,10-12H,3-4,7-9H2,1-2H3. The summed E-state index contributed by atoms with van der Waals surface area (Å²) in [7, 11) is 1.71. The number of ether oxygens (including phenoxy) is 1. The lowest BCUT2D eigenvalue weighted by atomic mass is 10.1. The van der Waals surface area contributed by atoms with Crippen LogP contribution in [0, 0.1) is 5.92 Å². The van der Waals surface area contributed by atoms with Crippen LogP contribution in [0.2, 0.25) is 0 Å². The number of imidazole rings is 1. The number of alkyl halides is 1. The first-order valence-corrected chi connectivity index (χ1v) is 7.87. The van der Waals surface area contributed by atoms with E-state index in [2.05, 4.69) is 17.6 Å². The molecule has 20 heavy (non-hydrogen) atoms. The van der Waals surface area contributed by atoms with E-state index in [-0.39, 0.29) is 0 Å². The van der Waals surface area contributed by atoms with Gasteiger partial charge in [0.15, 0.2) is 0 Å². The molecule has 0 aliphatic heterocycles. The first kappa shape index (κ1) is 13.7. The van der Waals surface area contributed by atoms with Crippen LogP contribution >= 0.6 is 11.6 Å². The summed E-state index contributed by atoms with van der Waals surface area (Å²) in [5.41, 5.74) is 2.23. The maximum absolute atomic E-state index is 5.95. The molecule has 0 spiro atoms. The van der Waals surface area contributed by atoms with E-state index in [4.69, 9.17) is 21.3 Å². The van der Waals surface area contributed by atoms with Crippen LogP contribution in [0.15, 0.2) is 18.2 Å². The number of fused-ring (bicyclic) bond motifs is 1. The lowest BCUT2D eigenvalue weighted by Crippen LogP contribution is -2.10. The Morgan fingerprint density at radius 2 is 2.25 bits per heavy atom. The molecule has 108 valence electrons. The van der Waals surface area contributed by atoms with E-state index in [1.165, 1.54) is 24.8 Å². The fourth-order valence-corrected chi connectivity index (χ4v) is 3.50. The van der Waals surface area contributed by atoms with Crippen molar-refractivity contribution in [3.8, 4) is 5.75 Å². The van der Waals surface area contributed by atoms with Crippen LogP contribution in [0.3, 0.4) is 0 Å². The van der Waals surface area contributed by atoms with E-state index in [1.807, 2.05) is 12.1 Å². The summed E-state index contributed by atoms with van der Waals surface area (Å²) in [6, 6.07) is 6.67. The molecular formula is C16H21ClN2O. The fourth-order valence-electron chi connectivity index (χ4n) is 3.33. The van der Waals surface area contributed by atoms with E-state index < -0.39 is 0 Å². The summed E-state index contributed by atoms with van der Waals surface area (Å²) in [5, 5.41) is 0. The first-order chi connectivity index (χ1) is 9.72. The third kappa shape index (κ3) is 2.39. The van der Waals surface area contributed by atoms with Crippen LogP contribution in [0.4, 0.5) is 0 Å². The van der Waals surface area contributed by atoms with Crippen molar-refractivity contribution in [2.45, 2.75) is 38.6 Å². The van der Waals surface area contributed by atoms with Gasteiger partial charge in [0.1, 0.15) is 11.6 Å². The minimum atomic E-state index is 0.556. The normalized spacial score (nSPS) is 22.6. The Hall–Kier alpha value is -1.22. The molecule has 0 radical (unpaired) electrons. The zero-order valence-electron chi connectivity index (χ0n) is 12.1. The molecule has 0 amide bonds. The number of nitrogens with zero attached hydrogens (tertiary/aromatic N) is 2. The zero-order chi connectivity index (χ0) is 14.1. The highest BCUT2D eigenvalue weighted by Crippen LogP contribution is 2.37. The Labute approximate surface area is 124 Å². The van der Waals surface area contributed by atoms with Crippen LogP contribution in [-0.2, 0) is 6.42 Å². The molecule has 2 atom stereocenters. The molecule has 4 heteroatoms. The summed E-state index contributed by atoms with van der Waals surface area (Å²) >= 11 is 5.95. The Morgan fingerprint density at radius 3 is 2.90 bits per heavy atom. The molecule has 3 rings (SSSR count). The van der Waals surface area contributed by atoms with Gasteiger partial charge in [-0.1, -0.05) is 6.92 Å². The Morgan fingerprint density at radius 1 is 1.40 bits per heavy atom. The maximum Gasteiger partial charge on any atom is 0.121 e. The van der Waals surface area contributed by atoms with E-state index in [1.54, 1.807) is 7.11 Å². The molecule has 0 saturated heterocycles. The second kappa shape index (κ2) is 5.65. The van der Waals surface area contributed by atoms with Crippen molar-refractivity contribution in [2.24, 2.45) is 5.92 Å². The zero-order valence-corrected chi connectivity index (χ0v) is 12.9. The SMILES string of the molecule is COc1ccc2nc(CCCl)n(C3CCC(C)C3)c2c1. The van der Waals surface area contributed by atoms with Gasteiger partial charge in [0.2, 0.25) is 0 Å². The molecule has 2 unspecified atom stereocenters. The van der Waals surface area contributed by atoms with Crippen LogP contribution in [-0.4, -0.2) is 22.5 Å². The molecule has 1 aliphatic rings. The van der Waals surface area contributed by atoms with Gasteiger partial charge in [-0.15, -0.1) is 11.6 Å². The lowest BCUT2D eigenvalue weighted by Gasteiger charge is -2.16. The highest BCUT2D eigenvalue weighted by atomic mass is 35.5. The number of hydrogen-bond acceptors (Lipinski definition) is 2. The van der Waals surface area contributed by atoms with Crippen LogP contribution in [0.5, 0.6) is 5.75 Å². The van der Waals surface area contributed by atoms with Gasteiger partial charge in [-0.25, -0.2) is 4.98 Å². The van der Waals surface area contributed by atoms with Crippen molar-refractivity contribution in [1.29, 1.82) is 0 Å². The minimum Gasteiger partial charge on any atom is -0.497 e. The molecule has 2 aromatic rings. The number of benzene rings is 1. The Balaban J connectivity index is 2.11. The number of methoxy groups -OCH3 is 1. The quantitative estimate of drug-likeness (QED) is 0.790. The molecule has 0 bridgehead atoms. The van der Waals surface area contributed by atoms with Crippen molar-refractivity contribution < 1.29 is 4.74 Å². The Kier molecular flexibility index (Phi) is 3.88.